The van der Waals surface area contributed by atoms with Gasteiger partial charge < -0.3 is 22.6 Å². The molecule has 4 aromatic carbocycles. The Kier molecular flexibility index (Phi) is 7.45. The van der Waals surface area contributed by atoms with Crippen LogP contribution in [0, 0.1) is 0 Å². The number of methoxy groups -OCH3 is 3. The molecule has 0 aliphatic rings. The Morgan fingerprint density at radius 3 is 1.47 bits per heavy atom. The van der Waals surface area contributed by atoms with Gasteiger partial charge in [-0.1, -0.05) is 54.6 Å². The molecule has 0 radical (unpaired) electrons. The maximum absolute atomic E-state index is 6.07. The number of rotatable bonds is 8. The molecule has 0 aliphatic heterocycles. The Morgan fingerprint density at radius 2 is 0.941 bits per heavy atom. The summed E-state index contributed by atoms with van der Waals surface area (Å²) in [7, 11) is 4.91. The maximum Gasteiger partial charge on any atom is 0.144 e. The van der Waals surface area contributed by atoms with Crippen LogP contribution in [0.25, 0.3) is 33.4 Å². The zero-order chi connectivity index (χ0) is 24.1. The van der Waals surface area contributed by atoms with E-state index in [1.165, 1.54) is 0 Å². The van der Waals surface area contributed by atoms with Gasteiger partial charge in [-0.2, -0.15) is 0 Å². The first-order valence-corrected chi connectivity index (χ1v) is 11.2. The van der Waals surface area contributed by atoms with Crippen LogP contribution in [0.15, 0.2) is 78.9 Å². The summed E-state index contributed by atoms with van der Waals surface area (Å²) >= 11 is 8.14. The van der Waals surface area contributed by atoms with Gasteiger partial charge >= 0.3 is 0 Å². The van der Waals surface area contributed by atoms with E-state index in [-0.39, 0.29) is 0 Å². The lowest BCUT2D eigenvalue weighted by atomic mass is 9.87. The Bertz CT molecular complexity index is 1310. The first kappa shape index (κ1) is 23.7. The highest BCUT2D eigenvalue weighted by Gasteiger charge is 2.27. The van der Waals surface area contributed by atoms with E-state index in [2.05, 4.69) is 25.8 Å². The normalized spacial score (nSPS) is 10.5. The van der Waals surface area contributed by atoms with Gasteiger partial charge in [-0.3, -0.25) is 0 Å². The molecule has 4 aromatic rings. The van der Waals surface area contributed by atoms with E-state index in [1.807, 2.05) is 78.9 Å². The van der Waals surface area contributed by atoms with Crippen molar-refractivity contribution in [2.24, 2.45) is 0 Å². The van der Waals surface area contributed by atoms with E-state index < -0.39 is 0 Å². The number of ether oxygens (including phenoxy) is 3. The molecule has 0 saturated heterocycles. The number of hydrogen-bond acceptors (Lipinski definition) is 7. The molecule has 0 atom stereocenters. The highest BCUT2D eigenvalue weighted by molar-refractivity contribution is 7.75. The van der Waals surface area contributed by atoms with Gasteiger partial charge in [0.05, 0.1) is 21.3 Å². The largest absolute Gasteiger partial charge is 0.496 e. The Labute approximate surface area is 210 Å². The molecule has 0 fully saturated rings. The first-order valence-electron chi connectivity index (χ1n) is 10.4. The molecule has 0 aromatic heterocycles. The summed E-state index contributed by atoms with van der Waals surface area (Å²) in [6.45, 7) is 0. The van der Waals surface area contributed by atoms with E-state index in [0.29, 0.717) is 28.7 Å². The Hall–Kier alpha value is -3.42. The van der Waals surface area contributed by atoms with Crippen molar-refractivity contribution in [2.45, 2.75) is 0 Å². The second-order valence-electron chi connectivity index (χ2n) is 7.28. The van der Waals surface area contributed by atoms with Gasteiger partial charge in [-0.25, -0.2) is 0 Å². The molecule has 0 amide bonds. The quantitative estimate of drug-likeness (QED) is 0.202. The van der Waals surface area contributed by atoms with Crippen LogP contribution < -0.4 is 22.6 Å². The van der Waals surface area contributed by atoms with Crippen molar-refractivity contribution >= 4 is 25.8 Å². The molecule has 5 nitrogen and oxygen atoms in total. The smallest absolute Gasteiger partial charge is 0.144 e. The highest BCUT2D eigenvalue weighted by Crippen LogP contribution is 2.54. The van der Waals surface area contributed by atoms with E-state index in [1.54, 1.807) is 21.3 Å². The predicted molar refractivity (Wildman–Crippen MR) is 142 cm³/mol. The summed E-state index contributed by atoms with van der Waals surface area (Å²) in [5, 5.41) is 0. The van der Waals surface area contributed by atoms with Crippen molar-refractivity contribution in [1.29, 1.82) is 0 Å². The van der Waals surface area contributed by atoms with Crippen LogP contribution in [0.5, 0.6) is 28.7 Å². The molecular weight excluding hydrogens is 468 g/mol. The third-order valence-corrected chi connectivity index (χ3v) is 5.97. The van der Waals surface area contributed by atoms with Gasteiger partial charge in [0.15, 0.2) is 0 Å². The van der Waals surface area contributed by atoms with Crippen LogP contribution in [-0.2, 0) is 0 Å². The molecule has 0 spiro atoms. The summed E-state index contributed by atoms with van der Waals surface area (Å²) in [5.41, 5.74) is 4.75. The molecular formula is C27H24O5S2. The molecule has 0 unspecified atom stereocenters. The zero-order valence-corrected chi connectivity index (χ0v) is 20.7. The number of para-hydroxylation sites is 3. The van der Waals surface area contributed by atoms with Crippen LogP contribution in [0.3, 0.4) is 0 Å². The fourth-order valence-corrected chi connectivity index (χ4v) is 4.43. The molecule has 7 heteroatoms. The van der Waals surface area contributed by atoms with Gasteiger partial charge in [0, 0.05) is 59.2 Å². The summed E-state index contributed by atoms with van der Waals surface area (Å²) in [6.07, 6.45) is 0. The van der Waals surface area contributed by atoms with Crippen LogP contribution >= 0.6 is 25.8 Å². The summed E-state index contributed by atoms with van der Waals surface area (Å²) in [5.74, 6) is 3.08. The Morgan fingerprint density at radius 1 is 0.471 bits per heavy atom. The topological polar surface area (TPSA) is 46.2 Å². The molecule has 34 heavy (non-hydrogen) atoms. The monoisotopic (exact) mass is 492 g/mol. The number of thiol groups is 2. The van der Waals surface area contributed by atoms with E-state index >= 15 is 0 Å². The SMILES string of the molecule is COc1ccccc1-c1c(OC)c(-c2ccccc2OS)cc(OC)c1-c1ccccc1OS. The van der Waals surface area contributed by atoms with Crippen molar-refractivity contribution < 1.29 is 22.6 Å². The van der Waals surface area contributed by atoms with Gasteiger partial charge in [0.25, 0.3) is 0 Å². The van der Waals surface area contributed by atoms with Crippen LogP contribution in [0.4, 0.5) is 0 Å². The predicted octanol–water partition coefficient (Wildman–Crippen LogP) is 7.16. The molecule has 0 saturated carbocycles. The fourth-order valence-electron chi connectivity index (χ4n) is 4.11. The molecule has 0 heterocycles. The third kappa shape index (κ3) is 4.24. The van der Waals surface area contributed by atoms with Crippen molar-refractivity contribution in [3.63, 3.8) is 0 Å². The van der Waals surface area contributed by atoms with Crippen LogP contribution in [0.2, 0.25) is 0 Å². The van der Waals surface area contributed by atoms with Gasteiger partial charge in [-0.05, 0) is 24.3 Å². The van der Waals surface area contributed by atoms with Gasteiger partial charge in [0.1, 0.15) is 28.7 Å². The molecule has 0 N–H and O–H groups in total. The van der Waals surface area contributed by atoms with Crippen molar-refractivity contribution in [1.82, 2.24) is 0 Å². The number of hydrogen-bond donors (Lipinski definition) is 2. The van der Waals surface area contributed by atoms with Crippen molar-refractivity contribution in [2.75, 3.05) is 21.3 Å². The standard InChI is InChI=1S/C27H24O5S2/c1-28-21-13-7-5-11-18(21)26-25(19-12-6-9-15-23(19)32-34)24(29-2)16-20(27(26)30-3)17-10-4-8-14-22(17)31-33/h4-16,33-34H,1-3H3. The van der Waals surface area contributed by atoms with Gasteiger partial charge in [-0.15, -0.1) is 0 Å². The molecule has 4 rings (SSSR count). The average molecular weight is 493 g/mol. The minimum absolute atomic E-state index is 0.578. The van der Waals surface area contributed by atoms with E-state index in [4.69, 9.17) is 22.6 Å². The van der Waals surface area contributed by atoms with Crippen molar-refractivity contribution in [3.05, 3.63) is 78.9 Å². The summed E-state index contributed by atoms with van der Waals surface area (Å²) in [4.78, 5) is 0. The third-order valence-electron chi connectivity index (χ3n) is 5.57. The summed E-state index contributed by atoms with van der Waals surface area (Å²) in [6, 6.07) is 24.9. The lowest BCUT2D eigenvalue weighted by Gasteiger charge is -2.23. The molecule has 0 bridgehead atoms. The van der Waals surface area contributed by atoms with Crippen LogP contribution in [0.1, 0.15) is 0 Å². The first-order chi connectivity index (χ1) is 16.7. The minimum Gasteiger partial charge on any atom is -0.496 e. The highest BCUT2D eigenvalue weighted by atomic mass is 32.1. The second-order valence-corrected chi connectivity index (χ2v) is 7.65. The lowest BCUT2D eigenvalue weighted by molar-refractivity contribution is 0.404. The second kappa shape index (κ2) is 10.7. The van der Waals surface area contributed by atoms with E-state index in [9.17, 15) is 0 Å². The van der Waals surface area contributed by atoms with Gasteiger partial charge in [0.2, 0.25) is 0 Å². The fraction of sp³-hybridized carbons (Fsp3) is 0.111. The molecule has 0 aliphatic carbocycles. The van der Waals surface area contributed by atoms with Crippen molar-refractivity contribution in [3.8, 4) is 62.1 Å². The molecule has 174 valence electrons. The Balaban J connectivity index is 2.21. The number of benzene rings is 4. The average Bonchev–Trinajstić information content (AvgIpc) is 2.91. The maximum atomic E-state index is 6.07. The summed E-state index contributed by atoms with van der Waals surface area (Å²) < 4.78 is 28.5. The minimum atomic E-state index is 0.578. The van der Waals surface area contributed by atoms with Crippen LogP contribution in [-0.4, -0.2) is 21.3 Å². The zero-order valence-electron chi connectivity index (χ0n) is 18.9. The van der Waals surface area contributed by atoms with E-state index in [0.717, 1.165) is 33.4 Å². The lowest BCUT2D eigenvalue weighted by Crippen LogP contribution is -2.01.